The fourth-order valence-corrected chi connectivity index (χ4v) is 3.28. The van der Waals surface area contributed by atoms with Gasteiger partial charge in [0.05, 0.1) is 0 Å². The Bertz CT molecular complexity index is 400. The molecule has 1 heterocycles. The number of hydrogen-bond acceptors (Lipinski definition) is 2. The van der Waals surface area contributed by atoms with Gasteiger partial charge < -0.3 is 5.32 Å². The minimum absolute atomic E-state index is 0.580. The van der Waals surface area contributed by atoms with Gasteiger partial charge in [-0.25, -0.2) is 0 Å². The van der Waals surface area contributed by atoms with Crippen LogP contribution in [0.5, 0.6) is 0 Å². The zero-order chi connectivity index (χ0) is 11.7. The van der Waals surface area contributed by atoms with Crippen LogP contribution < -0.4 is 5.32 Å². The SMILES string of the molecule is CN1CCNCC1c1cccc2c1CCCC2. The number of rotatable bonds is 1. The summed E-state index contributed by atoms with van der Waals surface area (Å²) in [5.74, 6) is 0. The van der Waals surface area contributed by atoms with Crippen molar-refractivity contribution < 1.29 is 0 Å². The van der Waals surface area contributed by atoms with Crippen molar-refractivity contribution in [2.75, 3.05) is 26.7 Å². The summed E-state index contributed by atoms with van der Waals surface area (Å²) in [6.45, 7) is 3.39. The average molecular weight is 230 g/mol. The monoisotopic (exact) mass is 230 g/mol. The van der Waals surface area contributed by atoms with E-state index in [1.54, 1.807) is 16.7 Å². The first-order valence-corrected chi connectivity index (χ1v) is 6.88. The third-order valence-corrected chi connectivity index (χ3v) is 4.30. The van der Waals surface area contributed by atoms with Gasteiger partial charge in [-0.3, -0.25) is 4.90 Å². The predicted molar refractivity (Wildman–Crippen MR) is 71.3 cm³/mol. The molecule has 1 unspecified atom stereocenters. The summed E-state index contributed by atoms with van der Waals surface area (Å²) in [6.07, 6.45) is 5.31. The van der Waals surface area contributed by atoms with Crippen LogP contribution in [0.1, 0.15) is 35.6 Å². The van der Waals surface area contributed by atoms with Gasteiger partial charge in [0.1, 0.15) is 0 Å². The molecule has 1 aromatic rings. The van der Waals surface area contributed by atoms with Gasteiger partial charge in [0.15, 0.2) is 0 Å². The molecule has 1 saturated heterocycles. The minimum Gasteiger partial charge on any atom is -0.314 e. The Morgan fingerprint density at radius 1 is 1.24 bits per heavy atom. The summed E-state index contributed by atoms with van der Waals surface area (Å²) in [6, 6.07) is 7.51. The zero-order valence-corrected chi connectivity index (χ0v) is 10.7. The Morgan fingerprint density at radius 2 is 2.12 bits per heavy atom. The van der Waals surface area contributed by atoms with Crippen molar-refractivity contribution in [2.45, 2.75) is 31.7 Å². The van der Waals surface area contributed by atoms with Crippen molar-refractivity contribution in [3.63, 3.8) is 0 Å². The molecule has 1 aliphatic heterocycles. The van der Waals surface area contributed by atoms with Crippen molar-refractivity contribution in [2.24, 2.45) is 0 Å². The van der Waals surface area contributed by atoms with E-state index in [1.165, 1.54) is 25.7 Å². The van der Waals surface area contributed by atoms with Crippen LogP contribution >= 0.6 is 0 Å². The molecular formula is C15H22N2. The highest BCUT2D eigenvalue weighted by molar-refractivity contribution is 5.39. The van der Waals surface area contributed by atoms with E-state index in [9.17, 15) is 0 Å². The first kappa shape index (κ1) is 11.2. The van der Waals surface area contributed by atoms with Gasteiger partial charge in [0.2, 0.25) is 0 Å². The number of piperazine rings is 1. The van der Waals surface area contributed by atoms with Crippen LogP contribution in [0.25, 0.3) is 0 Å². The molecule has 2 heteroatoms. The standard InChI is InChI=1S/C15H22N2/c1-17-10-9-16-11-15(17)14-8-4-6-12-5-2-3-7-13(12)14/h4,6,8,15-16H,2-3,5,7,9-11H2,1H3. The molecule has 2 nitrogen and oxygen atoms in total. The predicted octanol–water partition coefficient (Wildman–Crippen LogP) is 2.14. The third kappa shape index (κ3) is 2.12. The van der Waals surface area contributed by atoms with E-state index >= 15 is 0 Å². The van der Waals surface area contributed by atoms with Crippen molar-refractivity contribution in [3.05, 3.63) is 34.9 Å². The Labute approximate surface area is 104 Å². The molecule has 92 valence electrons. The molecule has 3 rings (SSSR count). The second-order valence-electron chi connectivity index (χ2n) is 5.39. The topological polar surface area (TPSA) is 15.3 Å². The van der Waals surface area contributed by atoms with E-state index in [1.807, 2.05) is 0 Å². The molecule has 1 atom stereocenters. The maximum absolute atomic E-state index is 3.53. The fraction of sp³-hybridized carbons (Fsp3) is 0.600. The summed E-state index contributed by atoms with van der Waals surface area (Å²) < 4.78 is 0. The highest BCUT2D eigenvalue weighted by atomic mass is 15.2. The van der Waals surface area contributed by atoms with Gasteiger partial charge in [-0.05, 0) is 49.4 Å². The van der Waals surface area contributed by atoms with Crippen molar-refractivity contribution in [1.82, 2.24) is 10.2 Å². The highest BCUT2D eigenvalue weighted by Crippen LogP contribution is 2.31. The number of nitrogens with one attached hydrogen (secondary N) is 1. The van der Waals surface area contributed by atoms with Crippen molar-refractivity contribution in [3.8, 4) is 0 Å². The van der Waals surface area contributed by atoms with Gasteiger partial charge >= 0.3 is 0 Å². The van der Waals surface area contributed by atoms with Crippen LogP contribution in [0.2, 0.25) is 0 Å². The molecule has 1 fully saturated rings. The maximum atomic E-state index is 3.53. The number of nitrogens with zero attached hydrogens (tertiary/aromatic N) is 1. The number of likely N-dealkylation sites (N-methyl/N-ethyl adjacent to an activating group) is 1. The molecule has 17 heavy (non-hydrogen) atoms. The Kier molecular flexibility index (Phi) is 3.17. The molecule has 1 aromatic carbocycles. The van der Waals surface area contributed by atoms with Crippen LogP contribution in [-0.4, -0.2) is 31.6 Å². The first-order valence-electron chi connectivity index (χ1n) is 6.88. The summed E-state index contributed by atoms with van der Waals surface area (Å²) in [5, 5.41) is 3.53. The van der Waals surface area contributed by atoms with Crippen LogP contribution in [-0.2, 0) is 12.8 Å². The highest BCUT2D eigenvalue weighted by Gasteiger charge is 2.24. The molecule has 0 saturated carbocycles. The lowest BCUT2D eigenvalue weighted by molar-refractivity contribution is 0.201. The van der Waals surface area contributed by atoms with Gasteiger partial charge in [-0.2, -0.15) is 0 Å². The Balaban J connectivity index is 1.96. The van der Waals surface area contributed by atoms with Gasteiger partial charge in [-0.15, -0.1) is 0 Å². The second kappa shape index (κ2) is 4.79. The first-order chi connectivity index (χ1) is 8.36. The van der Waals surface area contributed by atoms with Crippen LogP contribution in [0, 0.1) is 0 Å². The molecule has 0 radical (unpaired) electrons. The van der Waals surface area contributed by atoms with Crippen LogP contribution in [0.3, 0.4) is 0 Å². The lowest BCUT2D eigenvalue weighted by atomic mass is 9.85. The molecule has 1 aliphatic carbocycles. The minimum atomic E-state index is 0.580. The van der Waals surface area contributed by atoms with Gasteiger partial charge in [0, 0.05) is 25.7 Å². The summed E-state index contributed by atoms with van der Waals surface area (Å²) >= 11 is 0. The molecule has 0 bridgehead atoms. The van der Waals surface area contributed by atoms with E-state index < -0.39 is 0 Å². The quantitative estimate of drug-likeness (QED) is 0.795. The van der Waals surface area contributed by atoms with E-state index in [0.717, 1.165) is 19.6 Å². The summed E-state index contributed by atoms with van der Waals surface area (Å²) in [4.78, 5) is 2.50. The second-order valence-corrected chi connectivity index (χ2v) is 5.39. The lowest BCUT2D eigenvalue weighted by Crippen LogP contribution is -2.44. The lowest BCUT2D eigenvalue weighted by Gasteiger charge is -2.35. The number of benzene rings is 1. The summed E-state index contributed by atoms with van der Waals surface area (Å²) in [5.41, 5.74) is 4.84. The smallest absolute Gasteiger partial charge is 0.0473 e. The number of fused-ring (bicyclic) bond motifs is 1. The number of hydrogen-bond donors (Lipinski definition) is 1. The number of aryl methyl sites for hydroxylation is 1. The van der Waals surface area contributed by atoms with E-state index in [4.69, 9.17) is 0 Å². The normalized spacial score (nSPS) is 25.6. The van der Waals surface area contributed by atoms with Crippen LogP contribution in [0.15, 0.2) is 18.2 Å². The molecular weight excluding hydrogens is 208 g/mol. The molecule has 0 spiro atoms. The van der Waals surface area contributed by atoms with Crippen molar-refractivity contribution in [1.29, 1.82) is 0 Å². The van der Waals surface area contributed by atoms with Crippen molar-refractivity contribution >= 4 is 0 Å². The Hall–Kier alpha value is -0.860. The fourth-order valence-electron chi connectivity index (χ4n) is 3.28. The van der Waals surface area contributed by atoms with Gasteiger partial charge in [-0.1, -0.05) is 18.2 Å². The molecule has 2 aliphatic rings. The van der Waals surface area contributed by atoms with E-state index in [0.29, 0.717) is 6.04 Å². The van der Waals surface area contributed by atoms with E-state index in [-0.39, 0.29) is 0 Å². The van der Waals surface area contributed by atoms with Gasteiger partial charge in [0.25, 0.3) is 0 Å². The van der Waals surface area contributed by atoms with Crippen LogP contribution in [0.4, 0.5) is 0 Å². The molecule has 0 amide bonds. The third-order valence-electron chi connectivity index (χ3n) is 4.30. The molecule has 0 aromatic heterocycles. The zero-order valence-electron chi connectivity index (χ0n) is 10.7. The largest absolute Gasteiger partial charge is 0.314 e. The van der Waals surface area contributed by atoms with E-state index in [2.05, 4.69) is 35.5 Å². The average Bonchev–Trinajstić information content (AvgIpc) is 2.39. The molecule has 1 N–H and O–H groups in total. The Morgan fingerprint density at radius 3 is 3.00 bits per heavy atom. The summed E-state index contributed by atoms with van der Waals surface area (Å²) in [7, 11) is 2.26. The maximum Gasteiger partial charge on any atom is 0.0473 e.